The first kappa shape index (κ1) is 16.4. The molecule has 1 aliphatic rings. The normalized spacial score (nSPS) is 12.1. The maximum Gasteiger partial charge on any atom is 0.131 e. The summed E-state index contributed by atoms with van der Waals surface area (Å²) in [5.74, 6) is -0.177. The van der Waals surface area contributed by atoms with Gasteiger partial charge in [-0.2, -0.15) is 0 Å². The van der Waals surface area contributed by atoms with Gasteiger partial charge in [0.2, 0.25) is 0 Å². The van der Waals surface area contributed by atoms with Gasteiger partial charge in [0, 0.05) is 10.6 Å². The minimum atomic E-state index is -0.177. The number of rotatable bonds is 4. The molecule has 2 heteroatoms. The first-order chi connectivity index (χ1) is 12.2. The zero-order valence-corrected chi connectivity index (χ0v) is 15.0. The van der Waals surface area contributed by atoms with Crippen LogP contribution >= 0.6 is 11.6 Å². The van der Waals surface area contributed by atoms with Crippen molar-refractivity contribution in [3.8, 4) is 22.3 Å². The van der Waals surface area contributed by atoms with E-state index in [2.05, 4.69) is 25.1 Å². The van der Waals surface area contributed by atoms with Crippen LogP contribution in [-0.4, -0.2) is 0 Å². The van der Waals surface area contributed by atoms with E-state index in [-0.39, 0.29) is 5.82 Å². The van der Waals surface area contributed by atoms with E-state index >= 15 is 0 Å². The number of hydrogen-bond donors (Lipinski definition) is 0. The topological polar surface area (TPSA) is 0 Å². The number of halogens is 2. The van der Waals surface area contributed by atoms with Gasteiger partial charge in [0.15, 0.2) is 0 Å². The molecule has 126 valence electrons. The minimum absolute atomic E-state index is 0.177. The molecule has 0 aliphatic heterocycles. The maximum absolute atomic E-state index is 14.7. The Labute approximate surface area is 153 Å². The predicted molar refractivity (Wildman–Crippen MR) is 104 cm³/mol. The highest BCUT2D eigenvalue weighted by molar-refractivity contribution is 6.30. The van der Waals surface area contributed by atoms with Crippen LogP contribution in [0.2, 0.25) is 5.02 Å². The molecule has 0 saturated heterocycles. The number of benzene rings is 3. The van der Waals surface area contributed by atoms with Crippen LogP contribution in [0.15, 0.2) is 54.6 Å². The molecule has 0 bridgehead atoms. The van der Waals surface area contributed by atoms with Gasteiger partial charge in [-0.15, -0.1) is 0 Å². The molecule has 3 aromatic carbocycles. The van der Waals surface area contributed by atoms with Crippen molar-refractivity contribution in [2.75, 3.05) is 0 Å². The van der Waals surface area contributed by atoms with E-state index in [1.165, 1.54) is 35.1 Å². The average molecular weight is 351 g/mol. The van der Waals surface area contributed by atoms with E-state index in [9.17, 15) is 4.39 Å². The molecular formula is C23H20ClF. The molecule has 0 nitrogen and oxygen atoms in total. The van der Waals surface area contributed by atoms with E-state index in [1.54, 1.807) is 18.2 Å². The summed E-state index contributed by atoms with van der Waals surface area (Å²) in [5.41, 5.74) is 7.62. The van der Waals surface area contributed by atoms with Gasteiger partial charge in [0.05, 0.1) is 0 Å². The highest BCUT2D eigenvalue weighted by Crippen LogP contribution is 2.40. The predicted octanol–water partition coefficient (Wildman–Crippen LogP) is 7.06. The van der Waals surface area contributed by atoms with Crippen molar-refractivity contribution in [1.82, 2.24) is 0 Å². The van der Waals surface area contributed by atoms with E-state index < -0.39 is 0 Å². The van der Waals surface area contributed by atoms with Gasteiger partial charge in [0.1, 0.15) is 5.82 Å². The highest BCUT2D eigenvalue weighted by Gasteiger charge is 2.21. The Kier molecular flexibility index (Phi) is 4.35. The summed E-state index contributed by atoms with van der Waals surface area (Å²) in [6, 6.07) is 17.7. The molecule has 0 fully saturated rings. The fourth-order valence-corrected chi connectivity index (χ4v) is 3.79. The van der Waals surface area contributed by atoms with Gasteiger partial charge < -0.3 is 0 Å². The first-order valence-electron chi connectivity index (χ1n) is 8.86. The van der Waals surface area contributed by atoms with Crippen molar-refractivity contribution in [3.05, 3.63) is 82.1 Å². The van der Waals surface area contributed by atoms with E-state index in [0.717, 1.165) is 24.0 Å². The summed E-state index contributed by atoms with van der Waals surface area (Å²) in [6.45, 7) is 2.21. The lowest BCUT2D eigenvalue weighted by molar-refractivity contribution is 0.631. The quantitative estimate of drug-likeness (QED) is 0.369. The third-order valence-electron chi connectivity index (χ3n) is 5.01. The lowest BCUT2D eigenvalue weighted by Crippen LogP contribution is -1.89. The molecule has 0 N–H and O–H groups in total. The third-order valence-corrected chi connectivity index (χ3v) is 5.26. The summed E-state index contributed by atoms with van der Waals surface area (Å²) >= 11 is 5.95. The first-order valence-corrected chi connectivity index (χ1v) is 9.24. The second-order valence-corrected chi connectivity index (χ2v) is 7.20. The molecule has 25 heavy (non-hydrogen) atoms. The standard InChI is InChI=1S/C23H20ClF/c1-2-3-4-15-5-10-20-17(11-15)12-18-13-22(23(25)14-21(18)20)16-6-8-19(24)9-7-16/h5-11,13-14H,2-4,12H2,1H3. The Morgan fingerprint density at radius 3 is 2.40 bits per heavy atom. The van der Waals surface area contributed by atoms with Crippen LogP contribution < -0.4 is 0 Å². The number of hydrogen-bond acceptors (Lipinski definition) is 0. The summed E-state index contributed by atoms with van der Waals surface area (Å²) in [7, 11) is 0. The lowest BCUT2D eigenvalue weighted by Gasteiger charge is -2.08. The van der Waals surface area contributed by atoms with Crippen molar-refractivity contribution >= 4 is 11.6 Å². The van der Waals surface area contributed by atoms with Crippen molar-refractivity contribution in [2.45, 2.75) is 32.6 Å². The fourth-order valence-electron chi connectivity index (χ4n) is 3.66. The molecule has 0 spiro atoms. The number of unbranched alkanes of at least 4 members (excludes halogenated alkanes) is 1. The number of fused-ring (bicyclic) bond motifs is 3. The molecule has 0 radical (unpaired) electrons. The molecule has 0 heterocycles. The zero-order chi connectivity index (χ0) is 17.4. The summed E-state index contributed by atoms with van der Waals surface area (Å²) < 4.78 is 14.7. The smallest absolute Gasteiger partial charge is 0.131 e. The van der Waals surface area contributed by atoms with E-state index in [1.807, 2.05) is 18.2 Å². The van der Waals surface area contributed by atoms with Gasteiger partial charge >= 0.3 is 0 Å². The second-order valence-electron chi connectivity index (χ2n) is 6.77. The zero-order valence-electron chi connectivity index (χ0n) is 14.3. The molecule has 0 atom stereocenters. The van der Waals surface area contributed by atoms with Crippen molar-refractivity contribution in [2.24, 2.45) is 0 Å². The van der Waals surface area contributed by atoms with E-state index in [4.69, 9.17) is 11.6 Å². The number of aryl methyl sites for hydroxylation is 1. The Hall–Kier alpha value is -2.12. The van der Waals surface area contributed by atoms with Gasteiger partial charge in [-0.1, -0.05) is 55.3 Å². The summed E-state index contributed by atoms with van der Waals surface area (Å²) in [4.78, 5) is 0. The Morgan fingerprint density at radius 1 is 0.880 bits per heavy atom. The van der Waals surface area contributed by atoms with Crippen molar-refractivity contribution in [1.29, 1.82) is 0 Å². The lowest BCUT2D eigenvalue weighted by atomic mass is 9.98. The Morgan fingerprint density at radius 2 is 1.64 bits per heavy atom. The fraction of sp³-hybridized carbons (Fsp3) is 0.217. The monoisotopic (exact) mass is 350 g/mol. The van der Waals surface area contributed by atoms with Crippen LogP contribution in [0.3, 0.4) is 0 Å². The SMILES string of the molecule is CCCCc1ccc2c(c1)Cc1cc(-c3ccc(Cl)cc3)c(F)cc1-2. The van der Waals surface area contributed by atoms with Crippen LogP contribution in [0.4, 0.5) is 4.39 Å². The Bertz CT molecular complexity index is 926. The van der Waals surface area contributed by atoms with E-state index in [0.29, 0.717) is 10.6 Å². The third kappa shape index (κ3) is 3.09. The highest BCUT2D eigenvalue weighted by atomic mass is 35.5. The largest absolute Gasteiger partial charge is 0.206 e. The summed E-state index contributed by atoms with van der Waals surface area (Å²) in [6.07, 6.45) is 4.41. The molecular weight excluding hydrogens is 331 g/mol. The van der Waals surface area contributed by atoms with Crippen LogP contribution in [0.5, 0.6) is 0 Å². The van der Waals surface area contributed by atoms with Crippen LogP contribution in [-0.2, 0) is 12.8 Å². The minimum Gasteiger partial charge on any atom is -0.206 e. The van der Waals surface area contributed by atoms with Crippen LogP contribution in [0, 0.1) is 5.82 Å². The second kappa shape index (κ2) is 6.65. The molecule has 0 unspecified atom stereocenters. The van der Waals surface area contributed by atoms with Gasteiger partial charge in [-0.3, -0.25) is 0 Å². The molecule has 0 aromatic heterocycles. The van der Waals surface area contributed by atoms with Crippen molar-refractivity contribution in [3.63, 3.8) is 0 Å². The maximum atomic E-state index is 14.7. The average Bonchev–Trinajstić information content (AvgIpc) is 2.96. The molecule has 0 saturated carbocycles. The van der Waals surface area contributed by atoms with Crippen LogP contribution in [0.1, 0.15) is 36.5 Å². The van der Waals surface area contributed by atoms with Gasteiger partial charge in [-0.25, -0.2) is 4.39 Å². The molecule has 3 aromatic rings. The van der Waals surface area contributed by atoms with Gasteiger partial charge in [0.25, 0.3) is 0 Å². The summed E-state index contributed by atoms with van der Waals surface area (Å²) in [5, 5.41) is 0.664. The molecule has 4 rings (SSSR count). The molecule has 1 aliphatic carbocycles. The molecule has 0 amide bonds. The van der Waals surface area contributed by atoms with Crippen LogP contribution in [0.25, 0.3) is 22.3 Å². The van der Waals surface area contributed by atoms with Gasteiger partial charge in [-0.05, 0) is 76.9 Å². The Balaban J connectivity index is 1.72. The van der Waals surface area contributed by atoms with Crippen molar-refractivity contribution < 1.29 is 4.39 Å².